The van der Waals surface area contributed by atoms with Gasteiger partial charge in [0.1, 0.15) is 0 Å². The molecule has 0 atom stereocenters. The van der Waals surface area contributed by atoms with Gasteiger partial charge in [-0.3, -0.25) is 10.8 Å². The number of nitrogens with zero attached hydrogens (tertiary/aromatic N) is 1. The summed E-state index contributed by atoms with van der Waals surface area (Å²) in [7, 11) is 0. The first-order valence-electron chi connectivity index (χ1n) is 4.13. The Labute approximate surface area is 76.6 Å². The summed E-state index contributed by atoms with van der Waals surface area (Å²) in [6, 6.07) is 7.98. The molecule has 0 saturated carbocycles. The van der Waals surface area contributed by atoms with E-state index in [2.05, 4.69) is 16.5 Å². The number of hydrogen-bond donors (Lipinski definition) is 2. The molecule has 0 amide bonds. The highest BCUT2D eigenvalue weighted by Gasteiger charge is 1.99. The molecule has 0 spiro atoms. The number of aryl methyl sites for hydroxylation is 1. The van der Waals surface area contributed by atoms with Crippen molar-refractivity contribution in [3.05, 3.63) is 36.0 Å². The van der Waals surface area contributed by atoms with Gasteiger partial charge in [0.05, 0.1) is 11.2 Å². The highest BCUT2D eigenvalue weighted by Crippen LogP contribution is 2.20. The molecule has 0 aliphatic rings. The van der Waals surface area contributed by atoms with Crippen LogP contribution >= 0.6 is 0 Å². The molecule has 2 aromatic rings. The first-order chi connectivity index (χ1) is 6.31. The number of aromatic nitrogens is 1. The summed E-state index contributed by atoms with van der Waals surface area (Å²) in [5.74, 6) is 5.36. The van der Waals surface area contributed by atoms with Crippen molar-refractivity contribution in [1.82, 2.24) is 4.98 Å². The number of nitrogens with one attached hydrogen (secondary N) is 1. The van der Waals surface area contributed by atoms with Crippen LogP contribution in [-0.4, -0.2) is 4.98 Å². The molecular weight excluding hydrogens is 162 g/mol. The van der Waals surface area contributed by atoms with E-state index in [4.69, 9.17) is 5.84 Å². The zero-order valence-corrected chi connectivity index (χ0v) is 7.41. The molecule has 3 N–H and O–H groups in total. The summed E-state index contributed by atoms with van der Waals surface area (Å²) in [5.41, 5.74) is 5.66. The van der Waals surface area contributed by atoms with E-state index in [0.29, 0.717) is 0 Å². The second kappa shape index (κ2) is 3.03. The van der Waals surface area contributed by atoms with Gasteiger partial charge >= 0.3 is 0 Å². The predicted octanol–water partition coefficient (Wildman–Crippen LogP) is 1.83. The van der Waals surface area contributed by atoms with Crippen LogP contribution in [0.1, 0.15) is 5.56 Å². The lowest BCUT2D eigenvalue weighted by atomic mass is 10.1. The van der Waals surface area contributed by atoms with Crippen molar-refractivity contribution >= 4 is 16.6 Å². The van der Waals surface area contributed by atoms with Gasteiger partial charge < -0.3 is 5.43 Å². The van der Waals surface area contributed by atoms with Gasteiger partial charge in [0, 0.05) is 11.6 Å². The molecule has 66 valence electrons. The van der Waals surface area contributed by atoms with E-state index in [-0.39, 0.29) is 0 Å². The van der Waals surface area contributed by atoms with E-state index >= 15 is 0 Å². The molecular formula is C10H11N3. The smallest absolute Gasteiger partial charge is 0.0723 e. The average Bonchev–Trinajstić information content (AvgIpc) is 2.17. The third kappa shape index (κ3) is 1.34. The second-order valence-corrected chi connectivity index (χ2v) is 3.01. The van der Waals surface area contributed by atoms with E-state index in [0.717, 1.165) is 22.2 Å². The molecule has 1 aromatic carbocycles. The van der Waals surface area contributed by atoms with Crippen molar-refractivity contribution < 1.29 is 0 Å². The van der Waals surface area contributed by atoms with E-state index in [1.54, 1.807) is 6.20 Å². The highest BCUT2D eigenvalue weighted by molar-refractivity contribution is 5.83. The lowest BCUT2D eigenvalue weighted by Crippen LogP contribution is -2.08. The SMILES string of the molecule is Cc1cc2cccnc2cc1NN. The normalized spacial score (nSPS) is 10.3. The molecule has 0 radical (unpaired) electrons. The number of nitrogens with two attached hydrogens (primary N) is 1. The van der Waals surface area contributed by atoms with Crippen LogP contribution in [0.25, 0.3) is 10.9 Å². The van der Waals surface area contributed by atoms with Crippen molar-refractivity contribution in [3.8, 4) is 0 Å². The Morgan fingerprint density at radius 1 is 1.38 bits per heavy atom. The van der Waals surface area contributed by atoms with E-state index < -0.39 is 0 Å². The largest absolute Gasteiger partial charge is 0.324 e. The molecule has 1 aromatic heterocycles. The zero-order chi connectivity index (χ0) is 9.26. The molecule has 3 heteroatoms. The Morgan fingerprint density at radius 3 is 3.00 bits per heavy atom. The monoisotopic (exact) mass is 173 g/mol. The molecule has 13 heavy (non-hydrogen) atoms. The van der Waals surface area contributed by atoms with Crippen molar-refractivity contribution in [2.45, 2.75) is 6.92 Å². The average molecular weight is 173 g/mol. The van der Waals surface area contributed by atoms with Crippen molar-refractivity contribution in [1.29, 1.82) is 0 Å². The number of benzene rings is 1. The third-order valence-corrected chi connectivity index (χ3v) is 2.10. The molecule has 0 aliphatic carbocycles. The maximum atomic E-state index is 5.36. The van der Waals surface area contributed by atoms with Crippen LogP contribution < -0.4 is 11.3 Å². The van der Waals surface area contributed by atoms with Gasteiger partial charge in [-0.25, -0.2) is 0 Å². The molecule has 2 rings (SSSR count). The molecule has 0 aliphatic heterocycles. The van der Waals surface area contributed by atoms with E-state index in [9.17, 15) is 0 Å². The molecule has 1 heterocycles. The Morgan fingerprint density at radius 2 is 2.23 bits per heavy atom. The van der Waals surface area contributed by atoms with E-state index in [1.807, 2.05) is 25.1 Å². The zero-order valence-electron chi connectivity index (χ0n) is 7.41. The maximum absolute atomic E-state index is 5.36. The number of pyridine rings is 1. The topological polar surface area (TPSA) is 50.9 Å². The standard InChI is InChI=1S/C10H11N3/c1-7-5-8-3-2-4-12-10(8)6-9(7)13-11/h2-6,13H,11H2,1H3. The second-order valence-electron chi connectivity index (χ2n) is 3.01. The van der Waals surface area contributed by atoms with Gasteiger partial charge in [-0.1, -0.05) is 6.07 Å². The Balaban J connectivity index is 2.74. The number of fused-ring (bicyclic) bond motifs is 1. The van der Waals surface area contributed by atoms with Crippen LogP contribution in [0.3, 0.4) is 0 Å². The number of hydrogen-bond acceptors (Lipinski definition) is 3. The highest BCUT2D eigenvalue weighted by atomic mass is 15.2. The summed E-state index contributed by atoms with van der Waals surface area (Å²) >= 11 is 0. The van der Waals surface area contributed by atoms with Gasteiger partial charge in [-0.2, -0.15) is 0 Å². The van der Waals surface area contributed by atoms with Gasteiger partial charge in [0.25, 0.3) is 0 Å². The van der Waals surface area contributed by atoms with Gasteiger partial charge in [-0.05, 0) is 30.7 Å². The van der Waals surface area contributed by atoms with Crippen LogP contribution in [0.5, 0.6) is 0 Å². The fourth-order valence-electron chi connectivity index (χ4n) is 1.39. The molecule has 0 saturated heterocycles. The fraction of sp³-hybridized carbons (Fsp3) is 0.100. The number of hydrazine groups is 1. The minimum Gasteiger partial charge on any atom is -0.324 e. The summed E-state index contributed by atoms with van der Waals surface area (Å²) in [6.45, 7) is 2.02. The van der Waals surface area contributed by atoms with Crippen LogP contribution in [0, 0.1) is 6.92 Å². The summed E-state index contributed by atoms with van der Waals surface area (Å²) in [6.07, 6.45) is 1.78. The third-order valence-electron chi connectivity index (χ3n) is 2.10. The van der Waals surface area contributed by atoms with E-state index in [1.165, 1.54) is 0 Å². The molecule has 3 nitrogen and oxygen atoms in total. The molecule has 0 bridgehead atoms. The Hall–Kier alpha value is -1.61. The summed E-state index contributed by atoms with van der Waals surface area (Å²) in [5, 5.41) is 1.14. The Bertz CT molecular complexity index is 437. The fourth-order valence-corrected chi connectivity index (χ4v) is 1.39. The quantitative estimate of drug-likeness (QED) is 0.511. The van der Waals surface area contributed by atoms with Gasteiger partial charge in [0.2, 0.25) is 0 Å². The van der Waals surface area contributed by atoms with Crippen LogP contribution in [0.4, 0.5) is 5.69 Å². The lowest BCUT2D eigenvalue weighted by molar-refractivity contribution is 1.31. The maximum Gasteiger partial charge on any atom is 0.0723 e. The molecule has 0 fully saturated rings. The van der Waals surface area contributed by atoms with Crippen LogP contribution in [-0.2, 0) is 0 Å². The van der Waals surface area contributed by atoms with Crippen LogP contribution in [0.15, 0.2) is 30.5 Å². The predicted molar refractivity (Wildman–Crippen MR) is 54.3 cm³/mol. The van der Waals surface area contributed by atoms with Crippen molar-refractivity contribution in [2.24, 2.45) is 5.84 Å². The first kappa shape index (κ1) is 8.01. The molecule has 0 unspecified atom stereocenters. The summed E-state index contributed by atoms with van der Waals surface area (Å²) < 4.78 is 0. The van der Waals surface area contributed by atoms with Crippen molar-refractivity contribution in [2.75, 3.05) is 5.43 Å². The van der Waals surface area contributed by atoms with Crippen LogP contribution in [0.2, 0.25) is 0 Å². The summed E-state index contributed by atoms with van der Waals surface area (Å²) in [4.78, 5) is 4.24. The number of nitrogen functional groups attached to an aromatic ring is 1. The Kier molecular flexibility index (Phi) is 1.87. The van der Waals surface area contributed by atoms with Crippen molar-refractivity contribution in [3.63, 3.8) is 0 Å². The minimum absolute atomic E-state index is 0.922. The lowest BCUT2D eigenvalue weighted by Gasteiger charge is -2.05. The van der Waals surface area contributed by atoms with Gasteiger partial charge in [0.15, 0.2) is 0 Å². The number of rotatable bonds is 1. The number of anilines is 1. The van der Waals surface area contributed by atoms with Gasteiger partial charge in [-0.15, -0.1) is 0 Å². The minimum atomic E-state index is 0.922. The first-order valence-corrected chi connectivity index (χ1v) is 4.13.